The lowest BCUT2D eigenvalue weighted by Crippen LogP contribution is -2.42. The minimum Gasteiger partial charge on any atom is -0.435 e. The van der Waals surface area contributed by atoms with Crippen LogP contribution in [0.1, 0.15) is 25.3 Å². The SMILES string of the molecule is CC1CCCN(CC(=O)NCCc2ccc(OC(F)F)cc2)C1. The zero-order chi connectivity index (χ0) is 16.7. The van der Waals surface area contributed by atoms with Crippen molar-refractivity contribution in [3.8, 4) is 5.75 Å². The molecular weight excluding hydrogens is 302 g/mol. The molecule has 4 nitrogen and oxygen atoms in total. The number of hydrogen-bond acceptors (Lipinski definition) is 3. The first-order chi connectivity index (χ1) is 11.0. The van der Waals surface area contributed by atoms with E-state index in [1.807, 2.05) is 0 Å². The van der Waals surface area contributed by atoms with Gasteiger partial charge in [-0.25, -0.2) is 0 Å². The summed E-state index contributed by atoms with van der Waals surface area (Å²) in [5.74, 6) is 0.842. The summed E-state index contributed by atoms with van der Waals surface area (Å²) in [6, 6.07) is 6.49. The molecule has 1 aliphatic heterocycles. The summed E-state index contributed by atoms with van der Waals surface area (Å²) in [6.07, 6.45) is 3.06. The first-order valence-corrected chi connectivity index (χ1v) is 8.05. The molecule has 0 saturated carbocycles. The van der Waals surface area contributed by atoms with Crippen molar-refractivity contribution >= 4 is 5.91 Å². The molecule has 0 aromatic heterocycles. The number of likely N-dealkylation sites (tertiary alicyclic amines) is 1. The highest BCUT2D eigenvalue weighted by Crippen LogP contribution is 2.15. The molecule has 2 rings (SSSR count). The molecule has 1 atom stereocenters. The van der Waals surface area contributed by atoms with Crippen molar-refractivity contribution in [2.75, 3.05) is 26.2 Å². The summed E-state index contributed by atoms with van der Waals surface area (Å²) < 4.78 is 28.4. The Morgan fingerprint density at radius 3 is 2.78 bits per heavy atom. The Labute approximate surface area is 135 Å². The Bertz CT molecular complexity index is 494. The van der Waals surface area contributed by atoms with E-state index in [-0.39, 0.29) is 11.7 Å². The molecule has 6 heteroatoms. The van der Waals surface area contributed by atoms with Gasteiger partial charge in [-0.2, -0.15) is 8.78 Å². The minimum atomic E-state index is -2.81. The third-order valence-corrected chi connectivity index (χ3v) is 3.99. The number of rotatable bonds is 7. The van der Waals surface area contributed by atoms with Crippen LogP contribution in [0.4, 0.5) is 8.78 Å². The lowest BCUT2D eigenvalue weighted by atomic mass is 10.0. The molecule has 1 fully saturated rings. The van der Waals surface area contributed by atoms with Crippen LogP contribution in [-0.4, -0.2) is 43.6 Å². The number of benzene rings is 1. The second-order valence-corrected chi connectivity index (χ2v) is 6.10. The first-order valence-electron chi connectivity index (χ1n) is 8.05. The Balaban J connectivity index is 1.66. The van der Waals surface area contributed by atoms with Crippen LogP contribution in [0.5, 0.6) is 5.75 Å². The zero-order valence-electron chi connectivity index (χ0n) is 13.4. The molecule has 1 aromatic rings. The van der Waals surface area contributed by atoms with Gasteiger partial charge in [-0.15, -0.1) is 0 Å². The molecule has 23 heavy (non-hydrogen) atoms. The van der Waals surface area contributed by atoms with E-state index in [2.05, 4.69) is 21.9 Å². The van der Waals surface area contributed by atoms with E-state index < -0.39 is 6.61 Å². The highest BCUT2D eigenvalue weighted by molar-refractivity contribution is 5.78. The molecule has 1 saturated heterocycles. The number of amides is 1. The van der Waals surface area contributed by atoms with Gasteiger partial charge >= 0.3 is 6.61 Å². The molecule has 1 aromatic carbocycles. The van der Waals surface area contributed by atoms with Crippen LogP contribution in [0.25, 0.3) is 0 Å². The van der Waals surface area contributed by atoms with Crippen molar-refractivity contribution in [3.05, 3.63) is 29.8 Å². The van der Waals surface area contributed by atoms with Crippen LogP contribution in [0.2, 0.25) is 0 Å². The van der Waals surface area contributed by atoms with Crippen LogP contribution >= 0.6 is 0 Å². The van der Waals surface area contributed by atoms with Gasteiger partial charge in [-0.05, 0) is 49.4 Å². The van der Waals surface area contributed by atoms with Gasteiger partial charge in [0, 0.05) is 13.1 Å². The Morgan fingerprint density at radius 1 is 1.39 bits per heavy atom. The summed E-state index contributed by atoms with van der Waals surface area (Å²) in [5, 5.41) is 2.91. The highest BCUT2D eigenvalue weighted by atomic mass is 19.3. The maximum Gasteiger partial charge on any atom is 0.387 e. The van der Waals surface area contributed by atoms with Crippen molar-refractivity contribution in [2.24, 2.45) is 5.92 Å². The summed E-state index contributed by atoms with van der Waals surface area (Å²) >= 11 is 0. The van der Waals surface area contributed by atoms with Crippen LogP contribution in [0, 0.1) is 5.92 Å². The average Bonchev–Trinajstić information content (AvgIpc) is 2.48. The number of halogens is 2. The normalized spacial score (nSPS) is 18.9. The van der Waals surface area contributed by atoms with E-state index in [1.165, 1.54) is 18.6 Å². The summed E-state index contributed by atoms with van der Waals surface area (Å²) in [6.45, 7) is 2.37. The molecule has 1 amide bonds. The number of carbonyl (C=O) groups excluding carboxylic acids is 1. The fraction of sp³-hybridized carbons (Fsp3) is 0.588. The van der Waals surface area contributed by atoms with Gasteiger partial charge in [0.15, 0.2) is 0 Å². The quantitative estimate of drug-likeness (QED) is 0.838. The van der Waals surface area contributed by atoms with Crippen LogP contribution in [0.15, 0.2) is 24.3 Å². The van der Waals surface area contributed by atoms with E-state index in [4.69, 9.17) is 0 Å². The number of piperidine rings is 1. The van der Waals surface area contributed by atoms with Gasteiger partial charge in [0.1, 0.15) is 5.75 Å². The third kappa shape index (κ3) is 6.52. The number of hydrogen-bond donors (Lipinski definition) is 1. The molecule has 0 aliphatic carbocycles. The molecule has 1 unspecified atom stereocenters. The maximum absolute atomic E-state index is 12.1. The average molecular weight is 326 g/mol. The second-order valence-electron chi connectivity index (χ2n) is 6.10. The lowest BCUT2D eigenvalue weighted by Gasteiger charge is -2.30. The number of carbonyl (C=O) groups is 1. The van der Waals surface area contributed by atoms with Gasteiger partial charge in [0.05, 0.1) is 6.54 Å². The lowest BCUT2D eigenvalue weighted by molar-refractivity contribution is -0.122. The number of nitrogens with zero attached hydrogens (tertiary/aromatic N) is 1. The number of alkyl halides is 2. The molecule has 128 valence electrons. The van der Waals surface area contributed by atoms with Crippen molar-refractivity contribution in [1.29, 1.82) is 0 Å². The Hall–Kier alpha value is -1.69. The topological polar surface area (TPSA) is 41.6 Å². The third-order valence-electron chi connectivity index (χ3n) is 3.99. The standard InChI is InChI=1S/C17H24F2N2O2/c1-13-3-2-10-21(11-13)12-16(22)20-9-8-14-4-6-15(7-5-14)23-17(18)19/h4-7,13,17H,2-3,8-12H2,1H3,(H,20,22). The smallest absolute Gasteiger partial charge is 0.387 e. The fourth-order valence-corrected chi connectivity index (χ4v) is 2.87. The maximum atomic E-state index is 12.1. The van der Waals surface area contributed by atoms with Crippen molar-refractivity contribution in [3.63, 3.8) is 0 Å². The predicted octanol–water partition coefficient (Wildman–Crippen LogP) is 2.68. The van der Waals surface area contributed by atoms with Crippen molar-refractivity contribution < 1.29 is 18.3 Å². The van der Waals surface area contributed by atoms with Gasteiger partial charge in [0.25, 0.3) is 0 Å². The van der Waals surface area contributed by atoms with Gasteiger partial charge in [-0.1, -0.05) is 19.1 Å². The number of nitrogens with one attached hydrogen (secondary N) is 1. The Kier molecular flexibility index (Phi) is 6.77. The van der Waals surface area contributed by atoms with Crippen LogP contribution in [-0.2, 0) is 11.2 Å². The summed E-state index contributed by atoms with van der Waals surface area (Å²) in [4.78, 5) is 14.1. The van der Waals surface area contributed by atoms with Gasteiger partial charge in [-0.3, -0.25) is 9.69 Å². The van der Waals surface area contributed by atoms with E-state index in [1.54, 1.807) is 12.1 Å². The number of ether oxygens (including phenoxy) is 1. The highest BCUT2D eigenvalue weighted by Gasteiger charge is 2.18. The van der Waals surface area contributed by atoms with E-state index in [9.17, 15) is 13.6 Å². The molecule has 0 spiro atoms. The first kappa shape index (κ1) is 17.7. The second kappa shape index (κ2) is 8.82. The minimum absolute atomic E-state index is 0.0387. The molecule has 0 radical (unpaired) electrons. The monoisotopic (exact) mass is 326 g/mol. The van der Waals surface area contributed by atoms with Gasteiger partial charge < -0.3 is 10.1 Å². The Morgan fingerprint density at radius 2 is 2.13 bits per heavy atom. The van der Waals surface area contributed by atoms with E-state index in [0.717, 1.165) is 25.1 Å². The molecule has 1 N–H and O–H groups in total. The summed E-state index contributed by atoms with van der Waals surface area (Å²) in [5.41, 5.74) is 0.971. The van der Waals surface area contributed by atoms with Crippen molar-refractivity contribution in [1.82, 2.24) is 10.2 Å². The summed E-state index contributed by atoms with van der Waals surface area (Å²) in [7, 11) is 0. The molecule has 1 heterocycles. The predicted molar refractivity (Wildman–Crippen MR) is 84.6 cm³/mol. The zero-order valence-corrected chi connectivity index (χ0v) is 13.4. The van der Waals surface area contributed by atoms with Crippen LogP contribution in [0.3, 0.4) is 0 Å². The molecular formula is C17H24F2N2O2. The fourth-order valence-electron chi connectivity index (χ4n) is 2.87. The molecule has 0 bridgehead atoms. The van der Waals surface area contributed by atoms with Gasteiger partial charge in [0.2, 0.25) is 5.91 Å². The van der Waals surface area contributed by atoms with E-state index >= 15 is 0 Å². The van der Waals surface area contributed by atoms with Crippen molar-refractivity contribution in [2.45, 2.75) is 32.8 Å². The largest absolute Gasteiger partial charge is 0.435 e. The van der Waals surface area contributed by atoms with Crippen LogP contribution < -0.4 is 10.1 Å². The molecule has 1 aliphatic rings. The van der Waals surface area contributed by atoms with E-state index in [0.29, 0.717) is 25.4 Å².